The van der Waals surface area contributed by atoms with Gasteiger partial charge in [-0.3, -0.25) is 14.2 Å². The number of anilines is 1. The number of thioether (sulfide) groups is 1. The van der Waals surface area contributed by atoms with Gasteiger partial charge in [0.25, 0.3) is 5.91 Å². The molecule has 7 nitrogen and oxygen atoms in total. The van der Waals surface area contributed by atoms with Crippen LogP contribution in [0.4, 0.5) is 5.69 Å². The molecule has 0 fully saturated rings. The molecule has 0 bridgehead atoms. The van der Waals surface area contributed by atoms with Crippen LogP contribution in [-0.2, 0) is 4.79 Å². The van der Waals surface area contributed by atoms with Crippen LogP contribution in [0.5, 0.6) is 11.5 Å². The summed E-state index contributed by atoms with van der Waals surface area (Å²) in [5.74, 6) is 1.28. The standard InChI is InChI=1S/C20H17N3O4S/c1-26-15-5-3-14(4-6-15)23-9-8-21-20(23)28-12-17(24)13-2-7-18-16(10-13)22-19(25)11-27-18/h2-10H,11-12H2,1H3,(H,22,25). The Labute approximate surface area is 165 Å². The quantitative estimate of drug-likeness (QED) is 0.510. The van der Waals surface area contributed by atoms with E-state index in [0.717, 1.165) is 11.4 Å². The molecule has 28 heavy (non-hydrogen) atoms. The van der Waals surface area contributed by atoms with E-state index in [0.29, 0.717) is 22.2 Å². The van der Waals surface area contributed by atoms with E-state index in [1.807, 2.05) is 35.0 Å². The molecule has 2 aromatic carbocycles. The van der Waals surface area contributed by atoms with Crippen LogP contribution < -0.4 is 14.8 Å². The zero-order valence-electron chi connectivity index (χ0n) is 15.0. The number of methoxy groups -OCH3 is 1. The van der Waals surface area contributed by atoms with E-state index in [9.17, 15) is 9.59 Å². The van der Waals surface area contributed by atoms with Crippen molar-refractivity contribution in [2.75, 3.05) is 24.8 Å². The SMILES string of the molecule is COc1ccc(-n2ccnc2SCC(=O)c2ccc3c(c2)NC(=O)CO3)cc1. The molecule has 1 aromatic heterocycles. The van der Waals surface area contributed by atoms with Gasteiger partial charge in [-0.1, -0.05) is 11.8 Å². The van der Waals surface area contributed by atoms with Crippen LogP contribution in [-0.4, -0.2) is 40.7 Å². The summed E-state index contributed by atoms with van der Waals surface area (Å²) in [4.78, 5) is 28.4. The van der Waals surface area contributed by atoms with Crippen molar-refractivity contribution in [3.8, 4) is 17.2 Å². The fourth-order valence-electron chi connectivity index (χ4n) is 2.81. The maximum Gasteiger partial charge on any atom is 0.262 e. The lowest BCUT2D eigenvalue weighted by Gasteiger charge is -2.18. The Morgan fingerprint density at radius 2 is 2.11 bits per heavy atom. The van der Waals surface area contributed by atoms with Gasteiger partial charge < -0.3 is 14.8 Å². The van der Waals surface area contributed by atoms with Crippen LogP contribution >= 0.6 is 11.8 Å². The van der Waals surface area contributed by atoms with Gasteiger partial charge in [0, 0.05) is 23.6 Å². The number of fused-ring (bicyclic) bond motifs is 1. The van der Waals surface area contributed by atoms with Crippen molar-refractivity contribution in [3.05, 3.63) is 60.4 Å². The Bertz CT molecular complexity index is 1030. The molecule has 1 aliphatic heterocycles. The molecule has 0 unspecified atom stereocenters. The zero-order valence-corrected chi connectivity index (χ0v) is 15.9. The van der Waals surface area contributed by atoms with Crippen molar-refractivity contribution >= 4 is 29.1 Å². The topological polar surface area (TPSA) is 82.5 Å². The average Bonchev–Trinajstić information content (AvgIpc) is 3.20. The number of Topliss-reactive ketones (excluding diaryl/α,β-unsaturated/α-hetero) is 1. The van der Waals surface area contributed by atoms with E-state index in [2.05, 4.69) is 10.3 Å². The minimum atomic E-state index is -0.229. The van der Waals surface area contributed by atoms with Gasteiger partial charge in [-0.2, -0.15) is 0 Å². The Hall–Kier alpha value is -3.26. The molecule has 2 heterocycles. The third-order valence-electron chi connectivity index (χ3n) is 4.22. The van der Waals surface area contributed by atoms with Crippen LogP contribution in [0.25, 0.3) is 5.69 Å². The number of hydrogen-bond acceptors (Lipinski definition) is 6. The molecule has 4 rings (SSSR count). The van der Waals surface area contributed by atoms with Crippen molar-refractivity contribution in [2.45, 2.75) is 5.16 Å². The molecule has 1 amide bonds. The van der Waals surface area contributed by atoms with Crippen molar-refractivity contribution in [1.29, 1.82) is 0 Å². The monoisotopic (exact) mass is 395 g/mol. The molecule has 1 N–H and O–H groups in total. The zero-order chi connectivity index (χ0) is 19.5. The first-order valence-electron chi connectivity index (χ1n) is 8.54. The van der Waals surface area contributed by atoms with E-state index in [4.69, 9.17) is 9.47 Å². The van der Waals surface area contributed by atoms with Gasteiger partial charge in [0.05, 0.1) is 18.6 Å². The summed E-state index contributed by atoms with van der Waals surface area (Å²) >= 11 is 1.35. The van der Waals surface area contributed by atoms with Crippen molar-refractivity contribution in [2.24, 2.45) is 0 Å². The maximum absolute atomic E-state index is 12.6. The lowest BCUT2D eigenvalue weighted by Crippen LogP contribution is -2.25. The van der Waals surface area contributed by atoms with Gasteiger partial charge in [0.1, 0.15) is 11.5 Å². The number of ether oxygens (including phenoxy) is 2. The number of benzene rings is 2. The van der Waals surface area contributed by atoms with Crippen LogP contribution in [0.15, 0.2) is 60.0 Å². The summed E-state index contributed by atoms with van der Waals surface area (Å²) in [7, 11) is 1.62. The number of rotatable bonds is 6. The fraction of sp³-hybridized carbons (Fsp3) is 0.150. The van der Waals surface area contributed by atoms with E-state index in [1.54, 1.807) is 31.5 Å². The molecule has 142 valence electrons. The smallest absolute Gasteiger partial charge is 0.262 e. The lowest BCUT2D eigenvalue weighted by atomic mass is 10.1. The largest absolute Gasteiger partial charge is 0.497 e. The highest BCUT2D eigenvalue weighted by molar-refractivity contribution is 7.99. The van der Waals surface area contributed by atoms with Crippen molar-refractivity contribution in [3.63, 3.8) is 0 Å². The minimum Gasteiger partial charge on any atom is -0.497 e. The van der Waals surface area contributed by atoms with Crippen LogP contribution in [0.3, 0.4) is 0 Å². The summed E-state index contributed by atoms with van der Waals surface area (Å²) in [5.41, 5.74) is 1.97. The molecule has 1 aliphatic rings. The molecular formula is C20H17N3O4S. The Kier molecular flexibility index (Phi) is 5.03. The fourth-order valence-corrected chi connectivity index (χ4v) is 3.67. The van der Waals surface area contributed by atoms with Gasteiger partial charge in [0.2, 0.25) is 0 Å². The molecule has 3 aromatic rings. The van der Waals surface area contributed by atoms with E-state index in [-0.39, 0.29) is 24.1 Å². The van der Waals surface area contributed by atoms with E-state index < -0.39 is 0 Å². The van der Waals surface area contributed by atoms with Gasteiger partial charge in [-0.15, -0.1) is 0 Å². The summed E-state index contributed by atoms with van der Waals surface area (Å²) in [5, 5.41) is 3.43. The van der Waals surface area contributed by atoms with Gasteiger partial charge in [0.15, 0.2) is 17.5 Å². The second-order valence-corrected chi connectivity index (χ2v) is 6.98. The number of imidazole rings is 1. The first-order chi connectivity index (χ1) is 13.6. The highest BCUT2D eigenvalue weighted by Crippen LogP contribution is 2.29. The Morgan fingerprint density at radius 3 is 2.89 bits per heavy atom. The normalized spacial score (nSPS) is 12.7. The summed E-state index contributed by atoms with van der Waals surface area (Å²) in [6.07, 6.45) is 3.54. The predicted molar refractivity (Wildman–Crippen MR) is 106 cm³/mol. The Morgan fingerprint density at radius 1 is 1.29 bits per heavy atom. The van der Waals surface area contributed by atoms with Gasteiger partial charge in [-0.05, 0) is 42.5 Å². The molecule has 0 spiro atoms. The third-order valence-corrected chi connectivity index (χ3v) is 5.19. The highest BCUT2D eigenvalue weighted by Gasteiger charge is 2.18. The van der Waals surface area contributed by atoms with E-state index >= 15 is 0 Å². The molecule has 0 radical (unpaired) electrons. The lowest BCUT2D eigenvalue weighted by molar-refractivity contribution is -0.118. The minimum absolute atomic E-state index is 0.00976. The third kappa shape index (κ3) is 3.72. The predicted octanol–water partition coefficient (Wildman–Crippen LogP) is 3.19. The molecule has 0 aliphatic carbocycles. The molecule has 0 saturated carbocycles. The van der Waals surface area contributed by atoms with Crippen molar-refractivity contribution < 1.29 is 19.1 Å². The van der Waals surface area contributed by atoms with Crippen LogP contribution in [0.1, 0.15) is 10.4 Å². The summed E-state index contributed by atoms with van der Waals surface area (Å²) in [6.45, 7) is -0.00976. The van der Waals surface area contributed by atoms with Gasteiger partial charge in [-0.25, -0.2) is 4.98 Å². The van der Waals surface area contributed by atoms with E-state index in [1.165, 1.54) is 11.8 Å². The molecular weight excluding hydrogens is 378 g/mol. The second-order valence-electron chi connectivity index (χ2n) is 6.04. The number of amides is 1. The number of nitrogens with one attached hydrogen (secondary N) is 1. The number of carbonyl (C=O) groups is 2. The average molecular weight is 395 g/mol. The van der Waals surface area contributed by atoms with Crippen molar-refractivity contribution in [1.82, 2.24) is 9.55 Å². The van der Waals surface area contributed by atoms with Crippen LogP contribution in [0, 0.1) is 0 Å². The molecule has 0 atom stereocenters. The number of carbonyl (C=O) groups excluding carboxylic acids is 2. The number of ketones is 1. The maximum atomic E-state index is 12.6. The van der Waals surface area contributed by atoms with Gasteiger partial charge >= 0.3 is 0 Å². The molecule has 0 saturated heterocycles. The first kappa shape index (κ1) is 18.1. The number of hydrogen-bond donors (Lipinski definition) is 1. The second kappa shape index (κ2) is 7.77. The summed E-state index contributed by atoms with van der Waals surface area (Å²) < 4.78 is 12.4. The summed E-state index contributed by atoms with van der Waals surface area (Å²) in [6, 6.07) is 12.7. The number of nitrogens with zero attached hydrogens (tertiary/aromatic N) is 2. The highest BCUT2D eigenvalue weighted by atomic mass is 32.2. The van der Waals surface area contributed by atoms with Crippen LogP contribution in [0.2, 0.25) is 0 Å². The molecule has 8 heteroatoms. The first-order valence-corrected chi connectivity index (χ1v) is 9.53. The Balaban J connectivity index is 1.46. The number of aromatic nitrogens is 2.